The van der Waals surface area contributed by atoms with Gasteiger partial charge in [0.25, 0.3) is 0 Å². The molecule has 0 atom stereocenters. The number of fused-ring (bicyclic) bond motifs is 1. The van der Waals surface area contributed by atoms with Gasteiger partial charge in [-0.1, -0.05) is 18.2 Å². The molecule has 23 heavy (non-hydrogen) atoms. The Morgan fingerprint density at radius 2 is 2.17 bits per heavy atom. The lowest BCUT2D eigenvalue weighted by molar-refractivity contribution is -0.121. The monoisotopic (exact) mass is 310 g/mol. The van der Waals surface area contributed by atoms with E-state index in [2.05, 4.69) is 57.4 Å². The first-order valence-electron chi connectivity index (χ1n) is 8.01. The lowest BCUT2D eigenvalue weighted by atomic mass is 10.1. The molecule has 120 valence electrons. The molecule has 0 radical (unpaired) electrons. The number of aromatic amines is 1. The molecule has 5 nitrogen and oxygen atoms in total. The highest BCUT2D eigenvalue weighted by Gasteiger charge is 2.07. The zero-order chi connectivity index (χ0) is 16.1. The zero-order valence-corrected chi connectivity index (χ0v) is 13.4. The second-order valence-electron chi connectivity index (χ2n) is 5.81. The van der Waals surface area contributed by atoms with Gasteiger partial charge in [0.2, 0.25) is 5.91 Å². The van der Waals surface area contributed by atoms with E-state index in [1.807, 2.05) is 0 Å². The molecule has 0 aliphatic carbocycles. The third-order valence-electron chi connectivity index (χ3n) is 4.10. The number of amides is 1. The molecule has 0 aliphatic heterocycles. The second-order valence-corrected chi connectivity index (χ2v) is 5.81. The summed E-state index contributed by atoms with van der Waals surface area (Å²) in [6, 6.07) is 8.39. The first-order chi connectivity index (χ1) is 11.2. The van der Waals surface area contributed by atoms with Crippen LogP contribution in [0.2, 0.25) is 0 Å². The minimum absolute atomic E-state index is 0.116. The molecule has 0 saturated carbocycles. The fourth-order valence-corrected chi connectivity index (χ4v) is 2.91. The molecule has 2 aromatic heterocycles. The van der Waals surface area contributed by atoms with Crippen LogP contribution in [0.5, 0.6) is 0 Å². The lowest BCUT2D eigenvalue weighted by Gasteiger charge is -2.04. The minimum atomic E-state index is 0.116. The number of carbonyl (C=O) groups excluding carboxylic acids is 1. The number of imidazole rings is 1. The minimum Gasteiger partial charge on any atom is -0.356 e. The molecule has 3 rings (SSSR count). The van der Waals surface area contributed by atoms with Gasteiger partial charge in [0.15, 0.2) is 0 Å². The van der Waals surface area contributed by atoms with Crippen molar-refractivity contribution in [3.63, 3.8) is 0 Å². The third kappa shape index (κ3) is 3.80. The Morgan fingerprint density at radius 3 is 3.00 bits per heavy atom. The summed E-state index contributed by atoms with van der Waals surface area (Å²) in [7, 11) is 2.06. The molecule has 1 amide bonds. The standard InChI is InChI=1S/C18H22N4O/c1-22-12-14(16-6-2-3-7-17(16)22)5-4-8-18(23)20-10-9-15-11-19-13-21-15/h2-3,6-7,11-13H,4-5,8-10H2,1H3,(H,19,21)(H,20,23). The van der Waals surface area contributed by atoms with Crippen LogP contribution >= 0.6 is 0 Å². The van der Waals surface area contributed by atoms with Crippen molar-refractivity contribution in [2.45, 2.75) is 25.7 Å². The van der Waals surface area contributed by atoms with Gasteiger partial charge in [0.05, 0.1) is 6.33 Å². The molecule has 2 heterocycles. The van der Waals surface area contributed by atoms with Gasteiger partial charge in [0, 0.05) is 55.4 Å². The topological polar surface area (TPSA) is 62.7 Å². The van der Waals surface area contributed by atoms with Crippen LogP contribution < -0.4 is 5.32 Å². The molecular formula is C18H22N4O. The molecule has 2 N–H and O–H groups in total. The van der Waals surface area contributed by atoms with E-state index in [-0.39, 0.29) is 5.91 Å². The maximum Gasteiger partial charge on any atom is 0.220 e. The van der Waals surface area contributed by atoms with E-state index in [1.165, 1.54) is 16.5 Å². The Bertz CT molecular complexity index is 774. The highest BCUT2D eigenvalue weighted by Crippen LogP contribution is 2.21. The maximum atomic E-state index is 11.9. The average Bonchev–Trinajstić information content (AvgIpc) is 3.17. The summed E-state index contributed by atoms with van der Waals surface area (Å²) in [6.07, 6.45) is 8.75. The molecular weight excluding hydrogens is 288 g/mol. The van der Waals surface area contributed by atoms with E-state index in [1.54, 1.807) is 12.5 Å². The van der Waals surface area contributed by atoms with Gasteiger partial charge in [-0.15, -0.1) is 0 Å². The maximum absolute atomic E-state index is 11.9. The molecule has 0 saturated heterocycles. The summed E-state index contributed by atoms with van der Waals surface area (Å²) in [5.41, 5.74) is 3.60. The number of carbonyl (C=O) groups is 1. The van der Waals surface area contributed by atoms with E-state index in [0.717, 1.165) is 25.0 Å². The van der Waals surface area contributed by atoms with Gasteiger partial charge in [-0.3, -0.25) is 4.79 Å². The molecule has 0 spiro atoms. The summed E-state index contributed by atoms with van der Waals surface area (Å²) < 4.78 is 2.15. The first-order valence-corrected chi connectivity index (χ1v) is 8.01. The normalized spacial score (nSPS) is 11.0. The fraction of sp³-hybridized carbons (Fsp3) is 0.333. The van der Waals surface area contributed by atoms with Crippen molar-refractivity contribution in [2.24, 2.45) is 7.05 Å². The molecule has 3 aromatic rings. The van der Waals surface area contributed by atoms with Crippen LogP contribution in [0.15, 0.2) is 43.0 Å². The Hall–Kier alpha value is -2.56. The van der Waals surface area contributed by atoms with Crippen molar-refractivity contribution in [2.75, 3.05) is 6.54 Å². The quantitative estimate of drug-likeness (QED) is 0.704. The summed E-state index contributed by atoms with van der Waals surface area (Å²) >= 11 is 0. The van der Waals surface area contributed by atoms with Crippen molar-refractivity contribution in [3.8, 4) is 0 Å². The number of hydrogen-bond acceptors (Lipinski definition) is 2. The number of aromatic nitrogens is 3. The van der Waals surface area contributed by atoms with E-state index in [0.29, 0.717) is 13.0 Å². The van der Waals surface area contributed by atoms with E-state index >= 15 is 0 Å². The van der Waals surface area contributed by atoms with Gasteiger partial charge >= 0.3 is 0 Å². The predicted octanol–water partition coefficient (Wildman–Crippen LogP) is 2.58. The number of nitrogens with one attached hydrogen (secondary N) is 2. The smallest absolute Gasteiger partial charge is 0.220 e. The van der Waals surface area contributed by atoms with Crippen LogP contribution in [0.4, 0.5) is 0 Å². The van der Waals surface area contributed by atoms with Crippen LogP contribution in [-0.2, 0) is 24.7 Å². The van der Waals surface area contributed by atoms with Gasteiger partial charge in [-0.05, 0) is 24.5 Å². The molecule has 5 heteroatoms. The largest absolute Gasteiger partial charge is 0.356 e. The highest BCUT2D eigenvalue weighted by atomic mass is 16.1. The number of rotatable bonds is 7. The molecule has 0 bridgehead atoms. The number of nitrogens with zero attached hydrogens (tertiary/aromatic N) is 2. The van der Waals surface area contributed by atoms with Gasteiger partial charge in [0.1, 0.15) is 0 Å². The number of aryl methyl sites for hydroxylation is 2. The highest BCUT2D eigenvalue weighted by molar-refractivity contribution is 5.84. The molecule has 0 unspecified atom stereocenters. The summed E-state index contributed by atoms with van der Waals surface area (Å²) in [4.78, 5) is 18.9. The van der Waals surface area contributed by atoms with Crippen molar-refractivity contribution in [3.05, 3.63) is 54.2 Å². The van der Waals surface area contributed by atoms with Crippen molar-refractivity contribution in [1.82, 2.24) is 19.9 Å². The Labute approximate surface area is 135 Å². The van der Waals surface area contributed by atoms with Crippen LogP contribution in [-0.4, -0.2) is 27.0 Å². The number of benzene rings is 1. The van der Waals surface area contributed by atoms with E-state index in [4.69, 9.17) is 0 Å². The third-order valence-corrected chi connectivity index (χ3v) is 4.10. The van der Waals surface area contributed by atoms with Gasteiger partial charge in [-0.25, -0.2) is 4.98 Å². The second kappa shape index (κ2) is 7.13. The van der Waals surface area contributed by atoms with E-state index < -0.39 is 0 Å². The number of hydrogen-bond donors (Lipinski definition) is 2. The number of para-hydroxylation sites is 1. The van der Waals surface area contributed by atoms with Crippen LogP contribution in [0.3, 0.4) is 0 Å². The molecule has 1 aromatic carbocycles. The fourth-order valence-electron chi connectivity index (χ4n) is 2.91. The van der Waals surface area contributed by atoms with Crippen LogP contribution in [0.1, 0.15) is 24.1 Å². The van der Waals surface area contributed by atoms with E-state index in [9.17, 15) is 4.79 Å². The summed E-state index contributed by atoms with van der Waals surface area (Å²) in [6.45, 7) is 0.648. The van der Waals surface area contributed by atoms with Crippen molar-refractivity contribution < 1.29 is 4.79 Å². The van der Waals surface area contributed by atoms with Crippen LogP contribution in [0, 0.1) is 0 Å². The van der Waals surface area contributed by atoms with Gasteiger partial charge in [-0.2, -0.15) is 0 Å². The van der Waals surface area contributed by atoms with Crippen molar-refractivity contribution in [1.29, 1.82) is 0 Å². The lowest BCUT2D eigenvalue weighted by Crippen LogP contribution is -2.25. The Morgan fingerprint density at radius 1 is 1.30 bits per heavy atom. The number of H-pyrrole nitrogens is 1. The predicted molar refractivity (Wildman–Crippen MR) is 91.2 cm³/mol. The van der Waals surface area contributed by atoms with Gasteiger partial charge < -0.3 is 14.9 Å². The SMILES string of the molecule is Cn1cc(CCCC(=O)NCCc2cnc[nH]2)c2ccccc21. The summed E-state index contributed by atoms with van der Waals surface area (Å²) in [5, 5.41) is 4.24. The summed E-state index contributed by atoms with van der Waals surface area (Å²) in [5.74, 6) is 0.116. The molecule has 0 fully saturated rings. The average molecular weight is 310 g/mol. The Kier molecular flexibility index (Phi) is 4.76. The zero-order valence-electron chi connectivity index (χ0n) is 13.4. The molecule has 0 aliphatic rings. The van der Waals surface area contributed by atoms with Crippen LogP contribution in [0.25, 0.3) is 10.9 Å². The van der Waals surface area contributed by atoms with Crippen molar-refractivity contribution >= 4 is 16.8 Å². The Balaban J connectivity index is 1.44. The first kappa shape index (κ1) is 15.3.